The molecule has 1 aliphatic rings. The minimum Gasteiger partial charge on any atom is -0.444 e. The fourth-order valence-electron chi connectivity index (χ4n) is 2.38. The molecule has 1 aromatic carbocycles. The number of halogens is 1. The zero-order valence-electron chi connectivity index (χ0n) is 12.6. The lowest BCUT2D eigenvalue weighted by Gasteiger charge is -2.27. The normalized spacial score (nSPS) is 19.0. The second kappa shape index (κ2) is 6.18. The van der Waals surface area contributed by atoms with Crippen LogP contribution < -0.4 is 0 Å². The van der Waals surface area contributed by atoms with Crippen molar-refractivity contribution in [2.45, 2.75) is 45.3 Å². The minimum absolute atomic E-state index is 0.0980. The van der Waals surface area contributed by atoms with Crippen LogP contribution in [0.2, 0.25) is 0 Å². The van der Waals surface area contributed by atoms with Crippen molar-refractivity contribution < 1.29 is 14.3 Å². The fraction of sp³-hybridized carbons (Fsp3) is 0.500. The molecule has 0 aliphatic carbocycles. The smallest absolute Gasteiger partial charge is 0.410 e. The van der Waals surface area contributed by atoms with Gasteiger partial charge in [0.05, 0.1) is 6.04 Å². The average molecular weight is 354 g/mol. The van der Waals surface area contributed by atoms with Crippen molar-refractivity contribution in [2.75, 3.05) is 6.54 Å². The van der Waals surface area contributed by atoms with E-state index >= 15 is 0 Å². The Morgan fingerprint density at radius 2 is 2.14 bits per heavy atom. The van der Waals surface area contributed by atoms with Crippen LogP contribution in [0.25, 0.3) is 0 Å². The van der Waals surface area contributed by atoms with Gasteiger partial charge >= 0.3 is 6.09 Å². The zero-order chi connectivity index (χ0) is 15.6. The molecule has 0 saturated carbocycles. The number of nitrogens with zero attached hydrogens (tertiary/aromatic N) is 1. The summed E-state index contributed by atoms with van der Waals surface area (Å²) >= 11 is 3.42. The number of amides is 1. The number of benzene rings is 1. The number of carbonyl (C=O) groups excluding carboxylic acids is 2. The molecule has 1 fully saturated rings. The van der Waals surface area contributed by atoms with Crippen LogP contribution >= 0.6 is 15.9 Å². The first-order valence-electron chi connectivity index (χ1n) is 7.03. The van der Waals surface area contributed by atoms with Crippen LogP contribution in [0.5, 0.6) is 0 Å². The van der Waals surface area contributed by atoms with E-state index in [0.717, 1.165) is 10.0 Å². The summed E-state index contributed by atoms with van der Waals surface area (Å²) in [5.41, 5.74) is 0.474. The number of likely N-dealkylation sites (tertiary alicyclic amines) is 1. The number of rotatable bonds is 2. The molecule has 0 radical (unpaired) electrons. The fourth-order valence-corrected chi connectivity index (χ4v) is 2.82. The van der Waals surface area contributed by atoms with Crippen molar-refractivity contribution in [1.82, 2.24) is 4.90 Å². The second-order valence-electron chi connectivity index (χ2n) is 6.24. The number of ketones is 1. The largest absolute Gasteiger partial charge is 0.444 e. The van der Waals surface area contributed by atoms with E-state index in [1.54, 1.807) is 4.90 Å². The Bertz CT molecular complexity index is 551. The molecular weight excluding hydrogens is 334 g/mol. The third-order valence-corrected chi connectivity index (χ3v) is 3.79. The molecule has 1 aromatic rings. The summed E-state index contributed by atoms with van der Waals surface area (Å²) in [5.74, 6) is 0.0980. The van der Waals surface area contributed by atoms with Gasteiger partial charge in [-0.15, -0.1) is 0 Å². The Morgan fingerprint density at radius 1 is 1.43 bits per heavy atom. The Morgan fingerprint density at radius 3 is 2.76 bits per heavy atom. The molecule has 0 N–H and O–H groups in total. The van der Waals surface area contributed by atoms with Gasteiger partial charge in [0, 0.05) is 23.9 Å². The van der Waals surface area contributed by atoms with Crippen molar-refractivity contribution in [1.29, 1.82) is 0 Å². The number of carbonyl (C=O) groups is 2. The van der Waals surface area contributed by atoms with Crippen LogP contribution in [0.3, 0.4) is 0 Å². The van der Waals surface area contributed by atoms with Gasteiger partial charge in [0.15, 0.2) is 5.78 Å². The first-order valence-corrected chi connectivity index (χ1v) is 7.82. The monoisotopic (exact) mass is 353 g/mol. The Kier molecular flexibility index (Phi) is 4.71. The number of hydrogen-bond acceptors (Lipinski definition) is 3. The summed E-state index contributed by atoms with van der Waals surface area (Å²) in [6.07, 6.45) is 0.517. The van der Waals surface area contributed by atoms with Crippen molar-refractivity contribution in [3.8, 4) is 0 Å². The van der Waals surface area contributed by atoms with Crippen LogP contribution in [0.1, 0.15) is 32.8 Å². The third-order valence-electron chi connectivity index (χ3n) is 3.29. The molecule has 1 aliphatic heterocycles. The van der Waals surface area contributed by atoms with Gasteiger partial charge in [0.1, 0.15) is 5.60 Å². The van der Waals surface area contributed by atoms with Gasteiger partial charge in [0.2, 0.25) is 0 Å². The standard InChI is InChI=1S/C16H20BrNO3/c1-16(2,3)21-15(20)18-8-7-14(19)13(18)10-11-5-4-6-12(17)9-11/h4-6,9,13H,7-8,10H2,1-3H3/t13-/m0/s1. The van der Waals surface area contributed by atoms with Gasteiger partial charge in [0.25, 0.3) is 0 Å². The highest BCUT2D eigenvalue weighted by Crippen LogP contribution is 2.22. The molecule has 0 unspecified atom stereocenters. The molecule has 4 nitrogen and oxygen atoms in total. The highest BCUT2D eigenvalue weighted by Gasteiger charge is 2.37. The Labute approximate surface area is 133 Å². The van der Waals surface area contributed by atoms with Crippen LogP contribution in [0.4, 0.5) is 4.79 Å². The van der Waals surface area contributed by atoms with E-state index in [2.05, 4.69) is 15.9 Å². The Balaban J connectivity index is 2.12. The van der Waals surface area contributed by atoms with E-state index < -0.39 is 17.7 Å². The molecule has 21 heavy (non-hydrogen) atoms. The van der Waals surface area contributed by atoms with E-state index in [1.165, 1.54) is 0 Å². The maximum atomic E-state index is 12.2. The topological polar surface area (TPSA) is 46.6 Å². The van der Waals surface area contributed by atoms with E-state index in [4.69, 9.17) is 4.74 Å². The van der Waals surface area contributed by atoms with Crippen LogP contribution in [0, 0.1) is 0 Å². The minimum atomic E-state index is -0.553. The van der Waals surface area contributed by atoms with E-state index in [9.17, 15) is 9.59 Å². The molecule has 1 saturated heterocycles. The number of Topliss-reactive ketones (excluding diaryl/α,β-unsaturated/α-hetero) is 1. The van der Waals surface area contributed by atoms with Crippen LogP contribution in [-0.2, 0) is 16.0 Å². The molecular formula is C16H20BrNO3. The van der Waals surface area contributed by atoms with Gasteiger partial charge in [-0.3, -0.25) is 9.69 Å². The van der Waals surface area contributed by atoms with Crippen LogP contribution in [0.15, 0.2) is 28.7 Å². The first kappa shape index (κ1) is 16.0. The third kappa shape index (κ3) is 4.30. The first-order chi connectivity index (χ1) is 9.76. The lowest BCUT2D eigenvalue weighted by molar-refractivity contribution is -0.119. The summed E-state index contributed by atoms with van der Waals surface area (Å²) in [6, 6.07) is 7.37. The molecule has 0 spiro atoms. The summed E-state index contributed by atoms with van der Waals surface area (Å²) in [6.45, 7) is 5.91. The van der Waals surface area contributed by atoms with Crippen LogP contribution in [-0.4, -0.2) is 35.0 Å². The molecule has 1 heterocycles. The van der Waals surface area contributed by atoms with E-state index in [-0.39, 0.29) is 5.78 Å². The second-order valence-corrected chi connectivity index (χ2v) is 7.16. The predicted molar refractivity (Wildman–Crippen MR) is 84.2 cm³/mol. The molecule has 1 amide bonds. The van der Waals surface area contributed by atoms with Crippen molar-refractivity contribution >= 4 is 27.8 Å². The van der Waals surface area contributed by atoms with E-state index in [1.807, 2.05) is 45.0 Å². The summed E-state index contributed by atoms with van der Waals surface area (Å²) < 4.78 is 6.35. The lowest BCUT2D eigenvalue weighted by Crippen LogP contribution is -2.42. The Hall–Kier alpha value is -1.36. The average Bonchev–Trinajstić information content (AvgIpc) is 2.69. The molecule has 0 aromatic heterocycles. The summed E-state index contributed by atoms with van der Waals surface area (Å²) in [7, 11) is 0. The highest BCUT2D eigenvalue weighted by atomic mass is 79.9. The molecule has 114 valence electrons. The SMILES string of the molecule is CC(C)(C)OC(=O)N1CCC(=O)[C@@H]1Cc1cccc(Br)c1. The zero-order valence-corrected chi connectivity index (χ0v) is 14.1. The van der Waals surface area contributed by atoms with Gasteiger partial charge in [-0.1, -0.05) is 28.1 Å². The quantitative estimate of drug-likeness (QED) is 0.816. The summed E-state index contributed by atoms with van der Waals surface area (Å²) in [5, 5.41) is 0. The number of hydrogen-bond donors (Lipinski definition) is 0. The molecule has 5 heteroatoms. The summed E-state index contributed by atoms with van der Waals surface area (Å²) in [4.78, 5) is 25.8. The highest BCUT2D eigenvalue weighted by molar-refractivity contribution is 9.10. The molecule has 0 bridgehead atoms. The van der Waals surface area contributed by atoms with Gasteiger partial charge < -0.3 is 4.74 Å². The maximum Gasteiger partial charge on any atom is 0.410 e. The lowest BCUT2D eigenvalue weighted by atomic mass is 10.0. The van der Waals surface area contributed by atoms with Crippen molar-refractivity contribution in [2.24, 2.45) is 0 Å². The van der Waals surface area contributed by atoms with Crippen molar-refractivity contribution in [3.05, 3.63) is 34.3 Å². The molecule has 1 atom stereocenters. The van der Waals surface area contributed by atoms with Gasteiger partial charge in [-0.25, -0.2) is 4.79 Å². The van der Waals surface area contributed by atoms with Gasteiger partial charge in [-0.05, 0) is 38.5 Å². The maximum absolute atomic E-state index is 12.2. The van der Waals surface area contributed by atoms with Gasteiger partial charge in [-0.2, -0.15) is 0 Å². The number of ether oxygens (including phenoxy) is 1. The van der Waals surface area contributed by atoms with E-state index in [0.29, 0.717) is 19.4 Å². The van der Waals surface area contributed by atoms with Crippen molar-refractivity contribution in [3.63, 3.8) is 0 Å². The predicted octanol–water partition coefficient (Wildman–Crippen LogP) is 3.57. The molecule has 2 rings (SSSR count).